The molecular formula is C17H18N2O2. The van der Waals surface area contributed by atoms with E-state index in [9.17, 15) is 4.79 Å². The van der Waals surface area contributed by atoms with Crippen molar-refractivity contribution in [1.82, 2.24) is 9.88 Å². The first-order valence-electron chi connectivity index (χ1n) is 7.22. The molecule has 0 spiro atoms. The molecule has 1 aliphatic rings. The zero-order chi connectivity index (χ0) is 14.5. The van der Waals surface area contributed by atoms with Gasteiger partial charge in [0.15, 0.2) is 0 Å². The number of nitrogens with zero attached hydrogens (tertiary/aromatic N) is 2. The maximum absolute atomic E-state index is 12.3. The SMILES string of the molecule is O=C(OCc1ccccc1)N1CCCC1c1cccnc1. The lowest BCUT2D eigenvalue weighted by atomic mass is 10.1. The summed E-state index contributed by atoms with van der Waals surface area (Å²) >= 11 is 0. The van der Waals surface area contributed by atoms with Gasteiger partial charge in [0.05, 0.1) is 6.04 Å². The van der Waals surface area contributed by atoms with Gasteiger partial charge in [-0.15, -0.1) is 0 Å². The van der Waals surface area contributed by atoms with Crippen molar-refractivity contribution in [1.29, 1.82) is 0 Å². The van der Waals surface area contributed by atoms with Crippen molar-refractivity contribution >= 4 is 6.09 Å². The summed E-state index contributed by atoms with van der Waals surface area (Å²) in [5.74, 6) is 0. The lowest BCUT2D eigenvalue weighted by molar-refractivity contribution is 0.0920. The fourth-order valence-corrected chi connectivity index (χ4v) is 2.71. The largest absolute Gasteiger partial charge is 0.445 e. The molecule has 2 aromatic rings. The highest BCUT2D eigenvalue weighted by Gasteiger charge is 2.31. The minimum Gasteiger partial charge on any atom is -0.445 e. The molecule has 1 unspecified atom stereocenters. The molecule has 0 N–H and O–H groups in total. The van der Waals surface area contributed by atoms with Gasteiger partial charge < -0.3 is 9.64 Å². The number of carbonyl (C=O) groups excluding carboxylic acids is 1. The number of amides is 1. The van der Waals surface area contributed by atoms with Crippen molar-refractivity contribution in [3.63, 3.8) is 0 Å². The molecule has 1 amide bonds. The highest BCUT2D eigenvalue weighted by atomic mass is 16.6. The average Bonchev–Trinajstić information content (AvgIpc) is 3.04. The molecule has 1 fully saturated rings. The zero-order valence-corrected chi connectivity index (χ0v) is 11.8. The summed E-state index contributed by atoms with van der Waals surface area (Å²) < 4.78 is 5.43. The molecule has 1 atom stereocenters. The van der Waals surface area contributed by atoms with Crippen molar-refractivity contribution in [2.24, 2.45) is 0 Å². The minimum absolute atomic E-state index is 0.0852. The number of pyridine rings is 1. The fourth-order valence-electron chi connectivity index (χ4n) is 2.71. The van der Waals surface area contributed by atoms with Gasteiger partial charge in [0.25, 0.3) is 0 Å². The number of likely N-dealkylation sites (tertiary alicyclic amines) is 1. The Balaban J connectivity index is 1.64. The van der Waals surface area contributed by atoms with E-state index in [1.807, 2.05) is 48.7 Å². The summed E-state index contributed by atoms with van der Waals surface area (Å²) in [4.78, 5) is 18.2. The molecule has 4 nitrogen and oxygen atoms in total. The van der Waals surface area contributed by atoms with Crippen LogP contribution in [0.1, 0.15) is 30.0 Å². The smallest absolute Gasteiger partial charge is 0.410 e. The number of benzene rings is 1. The van der Waals surface area contributed by atoms with E-state index in [-0.39, 0.29) is 12.1 Å². The zero-order valence-electron chi connectivity index (χ0n) is 11.8. The number of rotatable bonds is 3. The number of aromatic nitrogens is 1. The van der Waals surface area contributed by atoms with E-state index < -0.39 is 0 Å². The maximum atomic E-state index is 12.3. The Labute approximate surface area is 124 Å². The van der Waals surface area contributed by atoms with Crippen LogP contribution < -0.4 is 0 Å². The number of hydrogen-bond donors (Lipinski definition) is 0. The third-order valence-corrected chi connectivity index (χ3v) is 3.76. The van der Waals surface area contributed by atoms with Crippen LogP contribution in [0.15, 0.2) is 54.9 Å². The lowest BCUT2D eigenvalue weighted by Crippen LogP contribution is -2.31. The summed E-state index contributed by atoms with van der Waals surface area (Å²) in [7, 11) is 0. The van der Waals surface area contributed by atoms with Crippen LogP contribution in [-0.4, -0.2) is 22.5 Å². The average molecular weight is 282 g/mol. The quantitative estimate of drug-likeness (QED) is 0.864. The second-order valence-corrected chi connectivity index (χ2v) is 5.18. The third-order valence-electron chi connectivity index (χ3n) is 3.76. The first kappa shape index (κ1) is 13.6. The van der Waals surface area contributed by atoms with Gasteiger partial charge in [-0.2, -0.15) is 0 Å². The summed E-state index contributed by atoms with van der Waals surface area (Å²) in [5.41, 5.74) is 2.08. The van der Waals surface area contributed by atoms with Crippen molar-refractivity contribution in [2.45, 2.75) is 25.5 Å². The number of ether oxygens (including phenoxy) is 1. The van der Waals surface area contributed by atoms with Crippen LogP contribution in [0, 0.1) is 0 Å². The lowest BCUT2D eigenvalue weighted by Gasteiger charge is -2.24. The van der Waals surface area contributed by atoms with Crippen molar-refractivity contribution in [3.05, 3.63) is 66.0 Å². The molecule has 2 heterocycles. The molecule has 108 valence electrons. The molecule has 1 aliphatic heterocycles. The molecule has 3 rings (SSSR count). The van der Waals surface area contributed by atoms with Crippen LogP contribution >= 0.6 is 0 Å². The Morgan fingerprint density at radius 2 is 2.10 bits per heavy atom. The second kappa shape index (κ2) is 6.39. The van der Waals surface area contributed by atoms with E-state index in [1.165, 1.54) is 0 Å². The number of hydrogen-bond acceptors (Lipinski definition) is 3. The molecule has 1 saturated heterocycles. The topological polar surface area (TPSA) is 42.4 Å². The molecule has 1 aromatic carbocycles. The first-order chi connectivity index (χ1) is 10.3. The Morgan fingerprint density at radius 3 is 2.86 bits per heavy atom. The first-order valence-corrected chi connectivity index (χ1v) is 7.22. The van der Waals surface area contributed by atoms with Gasteiger partial charge >= 0.3 is 6.09 Å². The van der Waals surface area contributed by atoms with E-state index in [1.54, 1.807) is 11.1 Å². The molecule has 21 heavy (non-hydrogen) atoms. The normalized spacial score (nSPS) is 17.7. The van der Waals surface area contributed by atoms with E-state index in [0.717, 1.165) is 30.5 Å². The molecule has 4 heteroatoms. The van der Waals surface area contributed by atoms with E-state index >= 15 is 0 Å². The van der Waals surface area contributed by atoms with Crippen molar-refractivity contribution < 1.29 is 9.53 Å². The third kappa shape index (κ3) is 3.21. The van der Waals surface area contributed by atoms with Gasteiger partial charge in [0.1, 0.15) is 6.61 Å². The van der Waals surface area contributed by atoms with E-state index in [0.29, 0.717) is 6.61 Å². The van der Waals surface area contributed by atoms with Gasteiger partial charge in [-0.1, -0.05) is 36.4 Å². The van der Waals surface area contributed by atoms with Gasteiger partial charge in [0.2, 0.25) is 0 Å². The van der Waals surface area contributed by atoms with Gasteiger partial charge in [-0.3, -0.25) is 4.98 Å². The molecule has 0 radical (unpaired) electrons. The molecule has 0 saturated carbocycles. The van der Waals surface area contributed by atoms with Gasteiger partial charge in [-0.25, -0.2) is 4.79 Å². The maximum Gasteiger partial charge on any atom is 0.410 e. The predicted octanol–water partition coefficient (Wildman–Crippen LogP) is 3.56. The van der Waals surface area contributed by atoms with Crippen LogP contribution in [0.3, 0.4) is 0 Å². The minimum atomic E-state index is -0.245. The Bertz CT molecular complexity index is 586. The van der Waals surface area contributed by atoms with E-state index in [4.69, 9.17) is 4.74 Å². The molecular weight excluding hydrogens is 264 g/mol. The number of carbonyl (C=O) groups is 1. The summed E-state index contributed by atoms with van der Waals surface area (Å²) in [6, 6.07) is 13.7. The van der Waals surface area contributed by atoms with Crippen LogP contribution in [0.2, 0.25) is 0 Å². The van der Waals surface area contributed by atoms with Crippen molar-refractivity contribution in [2.75, 3.05) is 6.54 Å². The molecule has 0 aliphatic carbocycles. The summed E-state index contributed by atoms with van der Waals surface area (Å²) in [5, 5.41) is 0. The standard InChI is InChI=1S/C17H18N2O2/c20-17(21-13-14-6-2-1-3-7-14)19-11-5-9-16(19)15-8-4-10-18-12-15/h1-4,6-8,10,12,16H,5,9,11,13H2. The Kier molecular flexibility index (Phi) is 4.15. The Morgan fingerprint density at radius 1 is 1.24 bits per heavy atom. The molecule has 0 bridgehead atoms. The second-order valence-electron chi connectivity index (χ2n) is 5.18. The van der Waals surface area contributed by atoms with Crippen LogP contribution in [-0.2, 0) is 11.3 Å². The predicted molar refractivity (Wildman–Crippen MR) is 79.5 cm³/mol. The van der Waals surface area contributed by atoms with Gasteiger partial charge in [0, 0.05) is 18.9 Å². The summed E-state index contributed by atoms with van der Waals surface area (Å²) in [6.07, 6.45) is 5.29. The monoisotopic (exact) mass is 282 g/mol. The van der Waals surface area contributed by atoms with Crippen molar-refractivity contribution in [3.8, 4) is 0 Å². The van der Waals surface area contributed by atoms with Crippen LogP contribution in [0.5, 0.6) is 0 Å². The fraction of sp³-hybridized carbons (Fsp3) is 0.294. The van der Waals surface area contributed by atoms with Crippen LogP contribution in [0.25, 0.3) is 0 Å². The highest BCUT2D eigenvalue weighted by molar-refractivity contribution is 5.68. The van der Waals surface area contributed by atoms with Crippen LogP contribution in [0.4, 0.5) is 4.79 Å². The van der Waals surface area contributed by atoms with Gasteiger partial charge in [-0.05, 0) is 30.0 Å². The Hall–Kier alpha value is -2.36. The van der Waals surface area contributed by atoms with E-state index in [2.05, 4.69) is 4.98 Å². The molecule has 1 aromatic heterocycles. The summed E-state index contributed by atoms with van der Waals surface area (Å²) in [6.45, 7) is 1.06. The highest BCUT2D eigenvalue weighted by Crippen LogP contribution is 2.31.